The molecule has 0 aliphatic heterocycles. The summed E-state index contributed by atoms with van der Waals surface area (Å²) in [5.41, 5.74) is 4.91. The quantitative estimate of drug-likeness (QED) is 0.752. The van der Waals surface area contributed by atoms with Crippen molar-refractivity contribution in [2.75, 3.05) is 0 Å². The Bertz CT molecular complexity index is 860. The Kier molecular flexibility index (Phi) is 4.97. The van der Waals surface area contributed by atoms with Crippen LogP contribution in [0.25, 0.3) is 0 Å². The monoisotopic (exact) mass is 337 g/mol. The minimum atomic E-state index is -0.0819. The van der Waals surface area contributed by atoms with Gasteiger partial charge >= 0.3 is 0 Å². The first-order chi connectivity index (χ1) is 12.1. The lowest BCUT2D eigenvalue weighted by atomic mass is 10.1. The highest BCUT2D eigenvalue weighted by Crippen LogP contribution is 2.09. The second kappa shape index (κ2) is 7.34. The van der Waals surface area contributed by atoms with E-state index in [1.165, 1.54) is 0 Å². The number of benzene rings is 1. The molecule has 130 valence electrons. The second-order valence-corrected chi connectivity index (χ2v) is 6.10. The van der Waals surface area contributed by atoms with Crippen molar-refractivity contribution in [3.05, 3.63) is 70.8 Å². The molecular weight excluding hydrogens is 314 g/mol. The minimum Gasteiger partial charge on any atom is -0.346 e. The predicted octanol–water partition coefficient (Wildman–Crippen LogP) is 2.69. The molecule has 0 spiro atoms. The van der Waals surface area contributed by atoms with Gasteiger partial charge in [0.2, 0.25) is 0 Å². The number of carbonyl (C=O) groups excluding carboxylic acids is 1. The highest BCUT2D eigenvalue weighted by molar-refractivity contribution is 5.94. The number of amides is 1. The SMILES string of the molecule is CCn1nccc1CNC(=O)c1ccc(Cn2nc(C)cc2C)cc1. The van der Waals surface area contributed by atoms with Gasteiger partial charge in [-0.05, 0) is 50.6 Å². The van der Waals surface area contributed by atoms with Gasteiger partial charge < -0.3 is 5.32 Å². The highest BCUT2D eigenvalue weighted by atomic mass is 16.1. The summed E-state index contributed by atoms with van der Waals surface area (Å²) in [5.74, 6) is -0.0819. The van der Waals surface area contributed by atoms with E-state index < -0.39 is 0 Å². The van der Waals surface area contributed by atoms with Crippen LogP contribution in [0, 0.1) is 13.8 Å². The smallest absolute Gasteiger partial charge is 0.251 e. The van der Waals surface area contributed by atoms with Crippen molar-refractivity contribution < 1.29 is 4.79 Å². The molecule has 0 aliphatic rings. The Morgan fingerprint density at radius 1 is 1.12 bits per heavy atom. The zero-order chi connectivity index (χ0) is 17.8. The number of nitrogens with one attached hydrogen (secondary N) is 1. The Labute approximate surface area is 147 Å². The van der Waals surface area contributed by atoms with Crippen molar-refractivity contribution >= 4 is 5.91 Å². The largest absolute Gasteiger partial charge is 0.346 e. The summed E-state index contributed by atoms with van der Waals surface area (Å²) in [6, 6.07) is 11.6. The number of rotatable bonds is 6. The van der Waals surface area contributed by atoms with Gasteiger partial charge in [-0.25, -0.2) is 0 Å². The summed E-state index contributed by atoms with van der Waals surface area (Å²) in [7, 11) is 0. The van der Waals surface area contributed by atoms with E-state index in [0.29, 0.717) is 18.7 Å². The first kappa shape index (κ1) is 17.0. The van der Waals surface area contributed by atoms with Gasteiger partial charge in [0.25, 0.3) is 5.91 Å². The van der Waals surface area contributed by atoms with E-state index in [9.17, 15) is 4.79 Å². The van der Waals surface area contributed by atoms with Crippen molar-refractivity contribution in [3.63, 3.8) is 0 Å². The number of aromatic nitrogens is 4. The van der Waals surface area contributed by atoms with Crippen LogP contribution >= 0.6 is 0 Å². The first-order valence-corrected chi connectivity index (χ1v) is 8.45. The van der Waals surface area contributed by atoms with E-state index >= 15 is 0 Å². The molecule has 0 saturated heterocycles. The number of aryl methyl sites for hydroxylation is 3. The molecule has 6 heteroatoms. The van der Waals surface area contributed by atoms with Gasteiger partial charge in [0.05, 0.1) is 24.5 Å². The van der Waals surface area contributed by atoms with E-state index in [0.717, 1.165) is 29.2 Å². The zero-order valence-corrected chi connectivity index (χ0v) is 14.9. The van der Waals surface area contributed by atoms with Crippen molar-refractivity contribution in [1.82, 2.24) is 24.9 Å². The van der Waals surface area contributed by atoms with Crippen LogP contribution in [0.15, 0.2) is 42.6 Å². The highest BCUT2D eigenvalue weighted by Gasteiger charge is 2.08. The van der Waals surface area contributed by atoms with Crippen LogP contribution in [0.4, 0.5) is 0 Å². The summed E-state index contributed by atoms with van der Waals surface area (Å²) < 4.78 is 3.84. The third kappa shape index (κ3) is 3.96. The fourth-order valence-electron chi connectivity index (χ4n) is 2.84. The Morgan fingerprint density at radius 2 is 1.88 bits per heavy atom. The normalized spacial score (nSPS) is 10.8. The first-order valence-electron chi connectivity index (χ1n) is 8.45. The molecule has 3 aromatic rings. The van der Waals surface area contributed by atoms with Crippen LogP contribution < -0.4 is 5.32 Å². The summed E-state index contributed by atoms with van der Waals surface area (Å²) in [6.07, 6.45) is 1.75. The van der Waals surface area contributed by atoms with E-state index in [1.54, 1.807) is 6.20 Å². The maximum atomic E-state index is 12.3. The molecule has 0 radical (unpaired) electrons. The van der Waals surface area contributed by atoms with Crippen LogP contribution in [-0.2, 0) is 19.6 Å². The summed E-state index contributed by atoms with van der Waals surface area (Å²) in [6.45, 7) is 8.03. The van der Waals surface area contributed by atoms with Gasteiger partial charge in [0.15, 0.2) is 0 Å². The fourth-order valence-corrected chi connectivity index (χ4v) is 2.84. The molecule has 0 unspecified atom stereocenters. The number of nitrogens with zero attached hydrogens (tertiary/aromatic N) is 4. The average molecular weight is 337 g/mol. The van der Waals surface area contributed by atoms with Gasteiger partial charge in [-0.1, -0.05) is 12.1 Å². The summed E-state index contributed by atoms with van der Waals surface area (Å²) in [4.78, 5) is 12.3. The van der Waals surface area contributed by atoms with Crippen LogP contribution in [0.3, 0.4) is 0 Å². The summed E-state index contributed by atoms with van der Waals surface area (Å²) >= 11 is 0. The van der Waals surface area contributed by atoms with E-state index in [2.05, 4.69) is 21.6 Å². The molecule has 0 fully saturated rings. The van der Waals surface area contributed by atoms with Gasteiger partial charge in [-0.2, -0.15) is 10.2 Å². The van der Waals surface area contributed by atoms with Crippen LogP contribution in [0.1, 0.15) is 39.9 Å². The van der Waals surface area contributed by atoms with E-state index in [4.69, 9.17) is 0 Å². The lowest BCUT2D eigenvalue weighted by Gasteiger charge is -2.08. The van der Waals surface area contributed by atoms with Gasteiger partial charge in [0.1, 0.15) is 0 Å². The van der Waals surface area contributed by atoms with E-state index in [-0.39, 0.29) is 5.91 Å². The third-order valence-electron chi connectivity index (χ3n) is 4.19. The maximum Gasteiger partial charge on any atom is 0.251 e. The lowest BCUT2D eigenvalue weighted by Crippen LogP contribution is -2.24. The molecule has 1 N–H and O–H groups in total. The molecule has 3 rings (SSSR count). The molecule has 6 nitrogen and oxygen atoms in total. The van der Waals surface area contributed by atoms with Gasteiger partial charge in [-0.15, -0.1) is 0 Å². The average Bonchev–Trinajstić information content (AvgIpc) is 3.19. The number of hydrogen-bond acceptors (Lipinski definition) is 3. The Balaban J connectivity index is 1.61. The van der Waals surface area contributed by atoms with Crippen molar-refractivity contribution in [1.29, 1.82) is 0 Å². The molecule has 1 amide bonds. The molecule has 0 atom stereocenters. The van der Waals surface area contributed by atoms with Crippen LogP contribution in [-0.4, -0.2) is 25.5 Å². The molecule has 25 heavy (non-hydrogen) atoms. The zero-order valence-electron chi connectivity index (χ0n) is 14.9. The number of hydrogen-bond donors (Lipinski definition) is 1. The van der Waals surface area contributed by atoms with Crippen LogP contribution in [0.2, 0.25) is 0 Å². The molecule has 0 aliphatic carbocycles. The predicted molar refractivity (Wildman–Crippen MR) is 96.3 cm³/mol. The fraction of sp³-hybridized carbons (Fsp3) is 0.316. The molecule has 2 aromatic heterocycles. The van der Waals surface area contributed by atoms with Crippen molar-refractivity contribution in [3.8, 4) is 0 Å². The molecule has 0 bridgehead atoms. The van der Waals surface area contributed by atoms with Gasteiger partial charge in [0, 0.05) is 24.0 Å². The summed E-state index contributed by atoms with van der Waals surface area (Å²) in [5, 5.41) is 11.6. The van der Waals surface area contributed by atoms with Crippen LogP contribution in [0.5, 0.6) is 0 Å². The van der Waals surface area contributed by atoms with E-state index in [1.807, 2.05) is 60.5 Å². The molecule has 2 heterocycles. The molecule has 1 aromatic carbocycles. The van der Waals surface area contributed by atoms with Crippen molar-refractivity contribution in [2.24, 2.45) is 0 Å². The van der Waals surface area contributed by atoms with Gasteiger partial charge in [-0.3, -0.25) is 14.2 Å². The Morgan fingerprint density at radius 3 is 2.52 bits per heavy atom. The number of carbonyl (C=O) groups is 1. The third-order valence-corrected chi connectivity index (χ3v) is 4.19. The molecule has 0 saturated carbocycles. The molecular formula is C19H23N5O. The topological polar surface area (TPSA) is 64.7 Å². The minimum absolute atomic E-state index is 0.0819. The second-order valence-electron chi connectivity index (χ2n) is 6.10. The standard InChI is InChI=1S/C19H23N5O/c1-4-23-18(9-10-21-23)12-20-19(25)17-7-5-16(6-8-17)13-24-15(3)11-14(2)22-24/h5-11H,4,12-13H2,1-3H3,(H,20,25). The maximum absolute atomic E-state index is 12.3. The Hall–Kier alpha value is -2.89. The van der Waals surface area contributed by atoms with Crippen molar-refractivity contribution in [2.45, 2.75) is 40.4 Å². The lowest BCUT2D eigenvalue weighted by molar-refractivity contribution is 0.0950.